The van der Waals surface area contributed by atoms with Crippen molar-refractivity contribution >= 4 is 15.7 Å². The summed E-state index contributed by atoms with van der Waals surface area (Å²) in [7, 11) is -3.30. The van der Waals surface area contributed by atoms with Crippen LogP contribution in [0.15, 0.2) is 24.3 Å². The van der Waals surface area contributed by atoms with Gasteiger partial charge in [0.25, 0.3) is 0 Å². The van der Waals surface area contributed by atoms with Crippen LogP contribution in [0.25, 0.3) is 0 Å². The average molecular weight is 267 g/mol. The smallest absolute Gasteiger partial charge is 0.235 e. The van der Waals surface area contributed by atoms with Crippen LogP contribution in [-0.2, 0) is 10.0 Å². The maximum atomic E-state index is 11.6. The van der Waals surface area contributed by atoms with Crippen molar-refractivity contribution in [2.75, 3.05) is 11.3 Å². The molecule has 0 fully saturated rings. The van der Waals surface area contributed by atoms with Gasteiger partial charge in [-0.1, -0.05) is 11.8 Å². The molecule has 0 bridgehead atoms. The Hall–Kier alpha value is -1.51. The molecule has 0 aliphatic heterocycles. The first kappa shape index (κ1) is 14.6. The van der Waals surface area contributed by atoms with Crippen molar-refractivity contribution in [1.82, 2.24) is 0 Å². The number of hydrogen-bond acceptors (Lipinski definition) is 3. The van der Waals surface area contributed by atoms with Gasteiger partial charge in [-0.15, -0.1) is 0 Å². The molecule has 1 aromatic rings. The molecule has 2 N–H and O–H groups in total. The molecular weight excluding hydrogens is 250 g/mol. The molecule has 0 saturated carbocycles. The number of sulfonamides is 1. The van der Waals surface area contributed by atoms with E-state index >= 15 is 0 Å². The monoisotopic (exact) mass is 267 g/mol. The number of rotatable bonds is 4. The van der Waals surface area contributed by atoms with Crippen LogP contribution in [0, 0.1) is 11.8 Å². The van der Waals surface area contributed by atoms with Gasteiger partial charge in [-0.05, 0) is 38.1 Å². The molecule has 0 amide bonds. The standard InChI is InChI=1S/C13H17NO3S/c1-11(2)18(16,17)14-13-8-6-12(7-9-13)5-3-4-10-15/h6-9,11,14-15H,4,10H2,1-2H3. The summed E-state index contributed by atoms with van der Waals surface area (Å²) in [6.45, 7) is 3.29. The second-order valence-corrected chi connectivity index (χ2v) is 6.29. The maximum Gasteiger partial charge on any atom is 0.235 e. The van der Waals surface area contributed by atoms with E-state index < -0.39 is 15.3 Å². The highest BCUT2D eigenvalue weighted by molar-refractivity contribution is 7.93. The van der Waals surface area contributed by atoms with E-state index in [1.807, 2.05) is 0 Å². The lowest BCUT2D eigenvalue weighted by atomic mass is 10.2. The van der Waals surface area contributed by atoms with E-state index in [0.29, 0.717) is 12.1 Å². The fraction of sp³-hybridized carbons (Fsp3) is 0.385. The van der Waals surface area contributed by atoms with Gasteiger partial charge in [0, 0.05) is 17.7 Å². The van der Waals surface area contributed by atoms with Crippen molar-refractivity contribution in [1.29, 1.82) is 0 Å². The lowest BCUT2D eigenvalue weighted by Crippen LogP contribution is -2.22. The van der Waals surface area contributed by atoms with E-state index in [-0.39, 0.29) is 6.61 Å². The Morgan fingerprint density at radius 3 is 2.39 bits per heavy atom. The molecule has 5 heteroatoms. The van der Waals surface area contributed by atoms with Gasteiger partial charge < -0.3 is 5.11 Å². The van der Waals surface area contributed by atoms with Gasteiger partial charge in [0.05, 0.1) is 11.9 Å². The summed E-state index contributed by atoms with van der Waals surface area (Å²) in [5.74, 6) is 5.67. The molecule has 1 aromatic carbocycles. The molecule has 0 radical (unpaired) electrons. The topological polar surface area (TPSA) is 66.4 Å². The zero-order chi connectivity index (χ0) is 13.6. The van der Waals surface area contributed by atoms with Crippen molar-refractivity contribution in [2.45, 2.75) is 25.5 Å². The molecule has 0 atom stereocenters. The molecule has 0 aromatic heterocycles. The van der Waals surface area contributed by atoms with Gasteiger partial charge in [-0.3, -0.25) is 4.72 Å². The fourth-order valence-corrected chi connectivity index (χ4v) is 1.82. The Balaban J connectivity index is 2.76. The summed E-state index contributed by atoms with van der Waals surface area (Å²) < 4.78 is 25.8. The third-order valence-electron chi connectivity index (χ3n) is 2.24. The normalized spacial score (nSPS) is 10.9. The highest BCUT2D eigenvalue weighted by atomic mass is 32.2. The summed E-state index contributed by atoms with van der Waals surface area (Å²) in [5, 5.41) is 8.12. The number of anilines is 1. The van der Waals surface area contributed by atoms with Crippen LogP contribution in [0.2, 0.25) is 0 Å². The van der Waals surface area contributed by atoms with E-state index in [2.05, 4.69) is 16.6 Å². The SMILES string of the molecule is CC(C)S(=O)(=O)Nc1ccc(C#CCCO)cc1. The molecule has 1 rings (SSSR count). The summed E-state index contributed by atoms with van der Waals surface area (Å²) in [5.41, 5.74) is 1.31. The molecule has 0 unspecified atom stereocenters. The Labute approximate surface area is 108 Å². The Kier molecular flexibility index (Phi) is 5.20. The molecular formula is C13H17NO3S. The third-order valence-corrected chi connectivity index (χ3v) is 4.00. The Morgan fingerprint density at radius 1 is 1.28 bits per heavy atom. The summed E-state index contributed by atoms with van der Waals surface area (Å²) in [4.78, 5) is 0. The molecule has 0 aliphatic rings. The number of nitrogens with one attached hydrogen (secondary N) is 1. The lowest BCUT2D eigenvalue weighted by molar-refractivity contribution is 0.305. The van der Waals surface area contributed by atoms with E-state index in [1.54, 1.807) is 38.1 Å². The van der Waals surface area contributed by atoms with Crippen LogP contribution >= 0.6 is 0 Å². The number of benzene rings is 1. The predicted octanol–water partition coefficient (Wildman–Crippen LogP) is 1.57. The van der Waals surface area contributed by atoms with Crippen LogP contribution < -0.4 is 4.72 Å². The zero-order valence-corrected chi connectivity index (χ0v) is 11.3. The van der Waals surface area contributed by atoms with E-state index in [9.17, 15) is 8.42 Å². The highest BCUT2D eigenvalue weighted by Crippen LogP contribution is 2.12. The molecule has 4 nitrogen and oxygen atoms in total. The lowest BCUT2D eigenvalue weighted by Gasteiger charge is -2.10. The summed E-state index contributed by atoms with van der Waals surface area (Å²) >= 11 is 0. The molecule has 98 valence electrons. The molecule has 0 saturated heterocycles. The minimum Gasteiger partial charge on any atom is -0.395 e. The quantitative estimate of drug-likeness (QED) is 0.814. The van der Waals surface area contributed by atoms with Gasteiger partial charge in [0.2, 0.25) is 10.0 Å². The minimum atomic E-state index is -3.30. The highest BCUT2D eigenvalue weighted by Gasteiger charge is 2.14. The summed E-state index contributed by atoms with van der Waals surface area (Å²) in [6, 6.07) is 6.82. The van der Waals surface area contributed by atoms with Crippen LogP contribution in [0.1, 0.15) is 25.8 Å². The second-order valence-electron chi connectivity index (χ2n) is 4.05. The van der Waals surface area contributed by atoms with Gasteiger partial charge in [0.1, 0.15) is 0 Å². The number of hydrogen-bond donors (Lipinski definition) is 2. The molecule has 0 heterocycles. The summed E-state index contributed by atoms with van der Waals surface area (Å²) in [6.07, 6.45) is 0.432. The van der Waals surface area contributed by atoms with Crippen molar-refractivity contribution in [2.24, 2.45) is 0 Å². The van der Waals surface area contributed by atoms with Gasteiger partial charge >= 0.3 is 0 Å². The number of aliphatic hydroxyl groups is 1. The van der Waals surface area contributed by atoms with Gasteiger partial charge in [0.15, 0.2) is 0 Å². The first-order valence-electron chi connectivity index (χ1n) is 5.67. The largest absolute Gasteiger partial charge is 0.395 e. The number of aliphatic hydroxyl groups excluding tert-OH is 1. The van der Waals surface area contributed by atoms with Crippen LogP contribution in [-0.4, -0.2) is 25.4 Å². The zero-order valence-electron chi connectivity index (χ0n) is 10.5. The van der Waals surface area contributed by atoms with E-state index in [1.165, 1.54) is 0 Å². The second kappa shape index (κ2) is 6.43. The van der Waals surface area contributed by atoms with E-state index in [0.717, 1.165) is 5.56 Å². The molecule has 18 heavy (non-hydrogen) atoms. The van der Waals surface area contributed by atoms with Crippen molar-refractivity contribution in [3.63, 3.8) is 0 Å². The third kappa shape index (κ3) is 4.40. The maximum absolute atomic E-state index is 11.6. The average Bonchev–Trinajstić information content (AvgIpc) is 2.31. The predicted molar refractivity (Wildman–Crippen MR) is 72.7 cm³/mol. The fourth-order valence-electron chi connectivity index (χ4n) is 1.12. The Morgan fingerprint density at radius 2 is 1.89 bits per heavy atom. The van der Waals surface area contributed by atoms with Crippen LogP contribution in [0.5, 0.6) is 0 Å². The van der Waals surface area contributed by atoms with Crippen molar-refractivity contribution < 1.29 is 13.5 Å². The van der Waals surface area contributed by atoms with E-state index in [4.69, 9.17) is 5.11 Å². The van der Waals surface area contributed by atoms with Gasteiger partial charge in [-0.2, -0.15) is 0 Å². The molecule has 0 spiro atoms. The van der Waals surface area contributed by atoms with Crippen molar-refractivity contribution in [3.05, 3.63) is 29.8 Å². The van der Waals surface area contributed by atoms with Crippen molar-refractivity contribution in [3.8, 4) is 11.8 Å². The Bertz CT molecular complexity index is 536. The minimum absolute atomic E-state index is 0.0409. The first-order chi connectivity index (χ1) is 8.45. The van der Waals surface area contributed by atoms with Crippen LogP contribution in [0.3, 0.4) is 0 Å². The van der Waals surface area contributed by atoms with Gasteiger partial charge in [-0.25, -0.2) is 8.42 Å². The first-order valence-corrected chi connectivity index (χ1v) is 7.22. The van der Waals surface area contributed by atoms with Crippen LogP contribution in [0.4, 0.5) is 5.69 Å². The molecule has 0 aliphatic carbocycles.